The van der Waals surface area contributed by atoms with Gasteiger partial charge in [-0.15, -0.1) is 0 Å². The van der Waals surface area contributed by atoms with Crippen molar-refractivity contribution >= 4 is 11.6 Å². The van der Waals surface area contributed by atoms with E-state index in [0.29, 0.717) is 17.4 Å². The van der Waals surface area contributed by atoms with Gasteiger partial charge in [0.25, 0.3) is 5.91 Å². The fourth-order valence-electron chi connectivity index (χ4n) is 1.88. The van der Waals surface area contributed by atoms with Crippen molar-refractivity contribution in [1.82, 2.24) is 10.3 Å². The minimum absolute atomic E-state index is 0.0476. The molecule has 14 heavy (non-hydrogen) atoms. The standard InChI is InChI=1S/C10H15N3O/c11-7-5-9(12-6-7)10(14)13-8-3-1-2-4-8/h5-6,8,12H,1-4,11H2,(H,13,14). The number of amides is 1. The average molecular weight is 193 g/mol. The van der Waals surface area contributed by atoms with Crippen LogP contribution < -0.4 is 11.1 Å². The maximum absolute atomic E-state index is 11.6. The molecule has 1 fully saturated rings. The lowest BCUT2D eigenvalue weighted by Gasteiger charge is -2.10. The maximum atomic E-state index is 11.6. The van der Waals surface area contributed by atoms with Gasteiger partial charge in [-0.2, -0.15) is 0 Å². The van der Waals surface area contributed by atoms with E-state index in [1.54, 1.807) is 12.3 Å². The molecule has 1 aliphatic rings. The Morgan fingerprint density at radius 3 is 2.79 bits per heavy atom. The van der Waals surface area contributed by atoms with Gasteiger partial charge in [0.05, 0.1) is 0 Å². The van der Waals surface area contributed by atoms with Crippen molar-refractivity contribution in [2.75, 3.05) is 5.73 Å². The zero-order valence-electron chi connectivity index (χ0n) is 8.05. The average Bonchev–Trinajstić information content (AvgIpc) is 2.75. The Bertz CT molecular complexity index is 326. The highest BCUT2D eigenvalue weighted by atomic mass is 16.1. The molecule has 2 rings (SSSR count). The van der Waals surface area contributed by atoms with Crippen LogP contribution in [-0.2, 0) is 0 Å². The molecule has 4 nitrogen and oxygen atoms in total. The summed E-state index contributed by atoms with van der Waals surface area (Å²) in [6.45, 7) is 0. The first kappa shape index (κ1) is 9.12. The van der Waals surface area contributed by atoms with E-state index >= 15 is 0 Å². The van der Waals surface area contributed by atoms with E-state index in [0.717, 1.165) is 12.8 Å². The summed E-state index contributed by atoms with van der Waals surface area (Å²) in [5.41, 5.74) is 6.66. The number of nitrogen functional groups attached to an aromatic ring is 1. The summed E-state index contributed by atoms with van der Waals surface area (Å²) in [4.78, 5) is 14.5. The Kier molecular flexibility index (Phi) is 2.43. The molecule has 1 aromatic rings. The first-order valence-electron chi connectivity index (χ1n) is 5.00. The smallest absolute Gasteiger partial charge is 0.267 e. The third-order valence-corrected chi connectivity index (χ3v) is 2.64. The minimum atomic E-state index is -0.0476. The summed E-state index contributed by atoms with van der Waals surface area (Å²) in [5.74, 6) is -0.0476. The number of anilines is 1. The van der Waals surface area contributed by atoms with Crippen LogP contribution in [0.1, 0.15) is 36.2 Å². The van der Waals surface area contributed by atoms with Crippen LogP contribution >= 0.6 is 0 Å². The summed E-state index contributed by atoms with van der Waals surface area (Å²) >= 11 is 0. The summed E-state index contributed by atoms with van der Waals surface area (Å²) in [5, 5.41) is 2.98. The maximum Gasteiger partial charge on any atom is 0.267 e. The van der Waals surface area contributed by atoms with Crippen LogP contribution in [0.15, 0.2) is 12.3 Å². The van der Waals surface area contributed by atoms with Crippen LogP contribution in [0.2, 0.25) is 0 Å². The second-order valence-corrected chi connectivity index (χ2v) is 3.80. The lowest BCUT2D eigenvalue weighted by atomic mass is 10.2. The van der Waals surface area contributed by atoms with Gasteiger partial charge in [0.15, 0.2) is 0 Å². The number of hydrogen-bond acceptors (Lipinski definition) is 2. The van der Waals surface area contributed by atoms with Crippen molar-refractivity contribution in [3.05, 3.63) is 18.0 Å². The number of carbonyl (C=O) groups excluding carboxylic acids is 1. The fourth-order valence-corrected chi connectivity index (χ4v) is 1.88. The molecular formula is C10H15N3O. The van der Waals surface area contributed by atoms with Crippen LogP contribution in [0.25, 0.3) is 0 Å². The Hall–Kier alpha value is -1.45. The van der Waals surface area contributed by atoms with E-state index in [2.05, 4.69) is 10.3 Å². The van der Waals surface area contributed by atoms with E-state index in [1.807, 2.05) is 0 Å². The van der Waals surface area contributed by atoms with E-state index in [1.165, 1.54) is 12.8 Å². The van der Waals surface area contributed by atoms with Crippen molar-refractivity contribution in [2.24, 2.45) is 0 Å². The zero-order valence-corrected chi connectivity index (χ0v) is 8.05. The van der Waals surface area contributed by atoms with Gasteiger partial charge >= 0.3 is 0 Å². The largest absolute Gasteiger partial charge is 0.397 e. The lowest BCUT2D eigenvalue weighted by molar-refractivity contribution is 0.0933. The van der Waals surface area contributed by atoms with Crippen LogP contribution in [0.5, 0.6) is 0 Å². The Balaban J connectivity index is 1.95. The van der Waals surface area contributed by atoms with Gasteiger partial charge in [0, 0.05) is 17.9 Å². The molecule has 1 amide bonds. The second kappa shape index (κ2) is 3.74. The van der Waals surface area contributed by atoms with E-state index in [4.69, 9.17) is 5.73 Å². The number of carbonyl (C=O) groups is 1. The van der Waals surface area contributed by atoms with E-state index in [-0.39, 0.29) is 5.91 Å². The van der Waals surface area contributed by atoms with Crippen LogP contribution in [0, 0.1) is 0 Å². The number of hydrogen-bond donors (Lipinski definition) is 3. The highest BCUT2D eigenvalue weighted by Gasteiger charge is 2.18. The zero-order chi connectivity index (χ0) is 9.97. The number of rotatable bonds is 2. The molecule has 0 bridgehead atoms. The molecule has 0 radical (unpaired) electrons. The van der Waals surface area contributed by atoms with Crippen molar-refractivity contribution < 1.29 is 4.79 Å². The van der Waals surface area contributed by atoms with Crippen molar-refractivity contribution in [2.45, 2.75) is 31.7 Å². The number of nitrogens with one attached hydrogen (secondary N) is 2. The van der Waals surface area contributed by atoms with Gasteiger partial charge in [-0.1, -0.05) is 12.8 Å². The summed E-state index contributed by atoms with van der Waals surface area (Å²) in [6.07, 6.45) is 6.27. The molecule has 1 saturated carbocycles. The minimum Gasteiger partial charge on any atom is -0.397 e. The monoisotopic (exact) mass is 193 g/mol. The van der Waals surface area contributed by atoms with Crippen molar-refractivity contribution in [3.63, 3.8) is 0 Å². The predicted molar refractivity (Wildman–Crippen MR) is 54.9 cm³/mol. The Morgan fingerprint density at radius 2 is 2.21 bits per heavy atom. The van der Waals surface area contributed by atoms with Gasteiger partial charge in [-0.25, -0.2) is 0 Å². The summed E-state index contributed by atoms with van der Waals surface area (Å²) in [7, 11) is 0. The molecule has 76 valence electrons. The first-order chi connectivity index (χ1) is 6.75. The van der Waals surface area contributed by atoms with Crippen LogP contribution in [-0.4, -0.2) is 16.9 Å². The van der Waals surface area contributed by atoms with Gasteiger partial charge < -0.3 is 16.0 Å². The molecule has 1 heterocycles. The normalized spacial score (nSPS) is 17.1. The van der Waals surface area contributed by atoms with Gasteiger partial charge in [-0.05, 0) is 18.9 Å². The van der Waals surface area contributed by atoms with Gasteiger partial charge in [0.1, 0.15) is 5.69 Å². The highest BCUT2D eigenvalue weighted by molar-refractivity contribution is 5.93. The molecule has 0 unspecified atom stereocenters. The quantitative estimate of drug-likeness (QED) is 0.662. The fraction of sp³-hybridized carbons (Fsp3) is 0.500. The molecule has 4 heteroatoms. The molecule has 0 aliphatic heterocycles. The lowest BCUT2D eigenvalue weighted by Crippen LogP contribution is -2.32. The summed E-state index contributed by atoms with van der Waals surface area (Å²) in [6, 6.07) is 2.01. The van der Waals surface area contributed by atoms with Gasteiger partial charge in [0.2, 0.25) is 0 Å². The highest BCUT2D eigenvalue weighted by Crippen LogP contribution is 2.18. The third-order valence-electron chi connectivity index (χ3n) is 2.64. The number of nitrogens with two attached hydrogens (primary N) is 1. The molecule has 0 saturated heterocycles. The number of H-pyrrole nitrogens is 1. The Morgan fingerprint density at radius 1 is 1.50 bits per heavy atom. The third kappa shape index (κ3) is 1.89. The number of aromatic amines is 1. The first-order valence-corrected chi connectivity index (χ1v) is 5.00. The van der Waals surface area contributed by atoms with Crippen LogP contribution in [0.4, 0.5) is 5.69 Å². The van der Waals surface area contributed by atoms with Gasteiger partial charge in [-0.3, -0.25) is 4.79 Å². The second-order valence-electron chi connectivity index (χ2n) is 3.80. The summed E-state index contributed by atoms with van der Waals surface area (Å²) < 4.78 is 0. The predicted octanol–water partition coefficient (Wildman–Crippen LogP) is 1.27. The van der Waals surface area contributed by atoms with Crippen molar-refractivity contribution in [1.29, 1.82) is 0 Å². The topological polar surface area (TPSA) is 70.9 Å². The number of aromatic nitrogens is 1. The molecule has 0 spiro atoms. The molecule has 1 aromatic heterocycles. The molecule has 1 aliphatic carbocycles. The van der Waals surface area contributed by atoms with Crippen LogP contribution in [0.3, 0.4) is 0 Å². The molecule has 4 N–H and O–H groups in total. The van der Waals surface area contributed by atoms with E-state index in [9.17, 15) is 4.79 Å². The van der Waals surface area contributed by atoms with Crippen molar-refractivity contribution in [3.8, 4) is 0 Å². The van der Waals surface area contributed by atoms with E-state index < -0.39 is 0 Å². The Labute approximate surface area is 82.9 Å². The SMILES string of the molecule is Nc1c[nH]c(C(=O)NC2CCCC2)c1. The molecule has 0 atom stereocenters. The molecular weight excluding hydrogens is 178 g/mol. The molecule has 0 aromatic carbocycles.